The van der Waals surface area contributed by atoms with Gasteiger partial charge < -0.3 is 31.1 Å². The molecule has 0 fully saturated rings. The van der Waals surface area contributed by atoms with Crippen molar-refractivity contribution in [3.63, 3.8) is 0 Å². The fourth-order valence-corrected chi connectivity index (χ4v) is 6.49. The predicted octanol–water partition coefficient (Wildman–Crippen LogP) is 5.46. The normalized spacial score (nSPS) is 11.0. The van der Waals surface area contributed by atoms with Gasteiger partial charge in [-0.05, 0) is 59.3 Å². The van der Waals surface area contributed by atoms with Crippen LogP contribution in [0.5, 0.6) is 23.0 Å². The van der Waals surface area contributed by atoms with E-state index >= 15 is 0 Å². The van der Waals surface area contributed by atoms with Crippen LogP contribution >= 0.6 is 0 Å². The number of nitrogens with zero attached hydrogens (tertiary/aromatic N) is 5. The van der Waals surface area contributed by atoms with Crippen molar-refractivity contribution in [2.75, 3.05) is 17.2 Å². The summed E-state index contributed by atoms with van der Waals surface area (Å²) in [5, 5.41) is 74.8. The molecule has 0 aliphatic heterocycles. The number of aromatic hydroxyl groups is 4. The number of nitro groups is 1. The van der Waals surface area contributed by atoms with E-state index in [2.05, 4.69) is 35.8 Å². The molecule has 0 radical (unpaired) electrons. The third-order valence-corrected chi connectivity index (χ3v) is 9.44. The van der Waals surface area contributed by atoms with Gasteiger partial charge in [0.15, 0.2) is 0 Å². The number of sulfonamides is 1. The molecule has 298 valence electrons. The Hall–Kier alpha value is -5.98. The molecule has 6 aromatic rings. The van der Waals surface area contributed by atoms with Gasteiger partial charge in [-0.25, -0.2) is 13.1 Å². The SMILES string of the molecule is CC(=O)Nc1cccc2ccc(O)c(N=Nc3cc([N+](=O)[O-])ccc3O)c12.CCNS(=O)(=O)c1ccc(O)c(N=Nc2c(O)ccc3cccc(NC(C)=O)c23)c1.[Cr].[Na+]. The average Bonchev–Trinajstić information content (AvgIpc) is 3.15. The van der Waals surface area contributed by atoms with Crippen LogP contribution in [0.2, 0.25) is 0 Å². The monoisotopic (exact) mass is 869 g/mol. The molecule has 21 heteroatoms. The van der Waals surface area contributed by atoms with Crippen LogP contribution < -0.4 is 44.9 Å². The van der Waals surface area contributed by atoms with Crippen LogP contribution in [0.3, 0.4) is 0 Å². The zero-order chi connectivity index (χ0) is 41.4. The quantitative estimate of drug-likeness (QED) is 0.0395. The fraction of sp³-hybridized carbons (Fsp3) is 0.105. The minimum Gasteiger partial charge on any atom is -0.506 e. The Bertz CT molecular complexity index is 2740. The maximum absolute atomic E-state index is 12.2. The van der Waals surface area contributed by atoms with Crippen molar-refractivity contribution in [2.24, 2.45) is 20.5 Å². The van der Waals surface area contributed by atoms with Crippen LogP contribution in [-0.2, 0) is 37.0 Å². The van der Waals surface area contributed by atoms with Crippen LogP contribution in [-0.4, -0.2) is 52.1 Å². The molecule has 0 spiro atoms. The minimum atomic E-state index is -3.76. The molecule has 6 aromatic carbocycles. The Morgan fingerprint density at radius 3 is 1.54 bits per heavy atom. The van der Waals surface area contributed by atoms with Crippen molar-refractivity contribution in [1.82, 2.24) is 4.72 Å². The number of anilines is 2. The number of phenols is 4. The van der Waals surface area contributed by atoms with Gasteiger partial charge in [-0.3, -0.25) is 19.7 Å². The zero-order valence-corrected chi connectivity index (χ0v) is 35.8. The van der Waals surface area contributed by atoms with Gasteiger partial charge in [0, 0.05) is 60.7 Å². The smallest absolute Gasteiger partial charge is 0.506 e. The van der Waals surface area contributed by atoms with Crippen LogP contribution in [0.1, 0.15) is 20.8 Å². The first-order chi connectivity index (χ1) is 27.1. The van der Waals surface area contributed by atoms with Crippen molar-refractivity contribution in [3.05, 3.63) is 107 Å². The fourth-order valence-electron chi connectivity index (χ4n) is 5.43. The summed E-state index contributed by atoms with van der Waals surface area (Å²) in [7, 11) is -3.76. The third kappa shape index (κ3) is 11.6. The van der Waals surface area contributed by atoms with Gasteiger partial charge in [0.05, 0.1) is 21.2 Å². The largest absolute Gasteiger partial charge is 1.00 e. The molecule has 7 N–H and O–H groups in total. The maximum atomic E-state index is 12.2. The van der Waals surface area contributed by atoms with Crippen LogP contribution in [0.25, 0.3) is 21.5 Å². The standard InChI is InChI=1S/C20H20N4O5S.C18H14N4O5.Cr.Na/c1-3-21-30(28,29)14-8-10-17(26)16(11-14)23-24-20-18(27)9-7-13-5-4-6-15(19(13)20)22-12(2)25;1-10(23)19-13-4-2-3-11-5-7-16(25)18(17(11)13)21-20-14-9-12(22(26)27)6-8-15(14)24;;/h4-11,21,26-27H,3H2,1-2H3,(H,22,25);2-9,24-25H,1H3,(H,19,23);;/q;;;+1. The van der Waals surface area contributed by atoms with Gasteiger partial charge in [-0.15, -0.1) is 20.5 Å². The summed E-state index contributed by atoms with van der Waals surface area (Å²) in [6, 6.07) is 23.4. The summed E-state index contributed by atoms with van der Waals surface area (Å²) in [5.74, 6) is -1.58. The van der Waals surface area contributed by atoms with Gasteiger partial charge in [0.25, 0.3) is 5.69 Å². The van der Waals surface area contributed by atoms with E-state index in [-0.39, 0.29) is 122 Å². The van der Waals surface area contributed by atoms with E-state index in [1.807, 2.05) is 0 Å². The van der Waals surface area contributed by atoms with E-state index in [0.717, 1.165) is 18.2 Å². The number of amides is 2. The van der Waals surface area contributed by atoms with Gasteiger partial charge >= 0.3 is 29.6 Å². The van der Waals surface area contributed by atoms with Crippen molar-refractivity contribution < 1.29 is 90.3 Å². The number of phenolic OH excluding ortho intramolecular Hbond substituents is 4. The number of hydrogen-bond donors (Lipinski definition) is 7. The third-order valence-electron chi connectivity index (χ3n) is 7.89. The summed E-state index contributed by atoms with van der Waals surface area (Å²) >= 11 is 0. The summed E-state index contributed by atoms with van der Waals surface area (Å²) in [4.78, 5) is 33.2. The molecule has 0 aromatic heterocycles. The number of nitrogens with one attached hydrogen (secondary N) is 3. The van der Waals surface area contributed by atoms with Crippen LogP contribution in [0.15, 0.2) is 122 Å². The molecule has 0 aliphatic carbocycles. The number of nitro benzene ring substituents is 1. The Balaban J connectivity index is 0.000000306. The second-order valence-electron chi connectivity index (χ2n) is 12.0. The second kappa shape index (κ2) is 20.6. The van der Waals surface area contributed by atoms with Gasteiger partial charge in [-0.1, -0.05) is 43.3 Å². The van der Waals surface area contributed by atoms with E-state index in [9.17, 15) is 48.5 Å². The second-order valence-corrected chi connectivity index (χ2v) is 13.8. The van der Waals surface area contributed by atoms with Crippen molar-refractivity contribution in [1.29, 1.82) is 0 Å². The molecule has 0 heterocycles. The number of fused-ring (bicyclic) bond motifs is 2. The molecule has 18 nitrogen and oxygen atoms in total. The van der Waals surface area contributed by atoms with Crippen molar-refractivity contribution in [3.8, 4) is 23.0 Å². The van der Waals surface area contributed by atoms with Crippen molar-refractivity contribution in [2.45, 2.75) is 25.7 Å². The summed E-state index contributed by atoms with van der Waals surface area (Å²) in [5.41, 5.74) is 0.493. The van der Waals surface area contributed by atoms with Gasteiger partial charge in [0.1, 0.15) is 45.7 Å². The number of benzene rings is 6. The first kappa shape index (κ1) is 47.4. The molecular weight excluding hydrogens is 836 g/mol. The molecule has 0 aliphatic rings. The van der Waals surface area contributed by atoms with Crippen LogP contribution in [0, 0.1) is 10.1 Å². The summed E-state index contributed by atoms with van der Waals surface area (Å²) in [6.07, 6.45) is 0. The number of azo groups is 2. The Morgan fingerprint density at radius 1 is 0.661 bits per heavy atom. The average molecular weight is 870 g/mol. The Labute approximate surface area is 369 Å². The topological polar surface area (TPSA) is 278 Å². The van der Waals surface area contributed by atoms with E-state index in [4.69, 9.17) is 0 Å². The molecule has 6 rings (SSSR count). The Kier molecular flexibility index (Phi) is 16.6. The zero-order valence-electron chi connectivity index (χ0n) is 31.7. The number of rotatable bonds is 10. The number of carbonyl (C=O) groups is 2. The van der Waals surface area contributed by atoms with E-state index in [0.29, 0.717) is 32.9 Å². The molecule has 0 atom stereocenters. The summed E-state index contributed by atoms with van der Waals surface area (Å²) < 4.78 is 26.8. The molecule has 0 bridgehead atoms. The maximum Gasteiger partial charge on any atom is 1.00 e. The van der Waals surface area contributed by atoms with E-state index in [1.54, 1.807) is 55.5 Å². The number of non-ortho nitro benzene ring substituents is 1. The summed E-state index contributed by atoms with van der Waals surface area (Å²) in [6.45, 7) is 4.56. The molecule has 59 heavy (non-hydrogen) atoms. The molecular formula is C38H34CrN8NaO10S+. The first-order valence-electron chi connectivity index (χ1n) is 16.8. The number of carbonyl (C=O) groups excluding carboxylic acids is 2. The molecule has 0 saturated heterocycles. The van der Waals surface area contributed by atoms with Gasteiger partial charge in [0.2, 0.25) is 21.8 Å². The van der Waals surface area contributed by atoms with Crippen molar-refractivity contribution >= 4 is 83.2 Å². The van der Waals surface area contributed by atoms with Gasteiger partial charge in [-0.2, -0.15) is 0 Å². The van der Waals surface area contributed by atoms with E-state index < -0.39 is 14.9 Å². The molecule has 0 saturated carbocycles. The molecule has 0 unspecified atom stereocenters. The van der Waals surface area contributed by atoms with Crippen LogP contribution in [0.4, 0.5) is 39.8 Å². The molecule has 2 amide bonds. The minimum absolute atomic E-state index is 0. The number of hydrogen-bond acceptors (Lipinski definition) is 14. The predicted molar refractivity (Wildman–Crippen MR) is 212 cm³/mol. The van der Waals surface area contributed by atoms with E-state index in [1.165, 1.54) is 44.2 Å². The Morgan fingerprint density at radius 2 is 1.10 bits per heavy atom. The first-order valence-corrected chi connectivity index (χ1v) is 18.3.